The van der Waals surface area contributed by atoms with Crippen molar-refractivity contribution in [2.45, 2.75) is 32.2 Å². The van der Waals surface area contributed by atoms with Crippen LogP contribution in [-0.2, 0) is 6.42 Å². The molecule has 1 unspecified atom stereocenters. The zero-order chi connectivity index (χ0) is 33.6. The third-order valence-corrected chi connectivity index (χ3v) is 10.3. The number of para-hydroxylation sites is 5. The van der Waals surface area contributed by atoms with Crippen LogP contribution in [-0.4, -0.2) is 13.7 Å². The molecule has 3 heterocycles. The fourth-order valence-corrected chi connectivity index (χ4v) is 8.21. The van der Waals surface area contributed by atoms with E-state index < -0.39 is 0 Å². The third-order valence-electron chi connectivity index (χ3n) is 10.3. The van der Waals surface area contributed by atoms with Gasteiger partial charge in [0.1, 0.15) is 0 Å². The number of aryl methyl sites for hydroxylation is 1. The second kappa shape index (κ2) is 12.4. The molecule has 1 aliphatic rings. The first-order chi connectivity index (χ1) is 24.7. The highest BCUT2D eigenvalue weighted by molar-refractivity contribution is 6.12. The van der Waals surface area contributed by atoms with Gasteiger partial charge in [-0.3, -0.25) is 0 Å². The van der Waals surface area contributed by atoms with Crippen LogP contribution in [0.4, 0.5) is 0 Å². The fourth-order valence-electron chi connectivity index (χ4n) is 8.21. The summed E-state index contributed by atoms with van der Waals surface area (Å²) in [6.45, 7) is 6.73. The van der Waals surface area contributed by atoms with Gasteiger partial charge in [-0.2, -0.15) is 0 Å². The number of hydrogen-bond acceptors (Lipinski definition) is 0. The van der Waals surface area contributed by atoms with Crippen molar-refractivity contribution in [1.82, 2.24) is 13.7 Å². The van der Waals surface area contributed by atoms with Crippen LogP contribution in [0.2, 0.25) is 0 Å². The summed E-state index contributed by atoms with van der Waals surface area (Å²) in [6.07, 6.45) is 19.1. The lowest BCUT2D eigenvalue weighted by molar-refractivity contribution is 0.678. The van der Waals surface area contributed by atoms with Gasteiger partial charge >= 0.3 is 0 Å². The molecule has 50 heavy (non-hydrogen) atoms. The standard InChI is InChI=1S/C47H39N3/c1-3-34(49-44-27-15-10-21-38(44)39-22-11-16-28-45(39)49)32-35(50-46-29-17-12-23-40(46)41-24-13-18-30-47(41)50)31-33(2)48-42-25-8-6-4-5-7-19-36(42)37-20-9-14-26-43(37)48/h3-5,8-18,20-33H,1,6-7,19H2,2H3/b5-4-,25-8-,34-32+,35-31+. The highest BCUT2D eigenvalue weighted by atomic mass is 15.0. The largest absolute Gasteiger partial charge is 0.334 e. The number of allylic oxidation sites excluding steroid dienone is 8. The van der Waals surface area contributed by atoms with Gasteiger partial charge in [0.05, 0.1) is 28.1 Å². The summed E-state index contributed by atoms with van der Waals surface area (Å²) >= 11 is 0. The molecule has 5 aromatic carbocycles. The summed E-state index contributed by atoms with van der Waals surface area (Å²) in [4.78, 5) is 0. The maximum Gasteiger partial charge on any atom is 0.0541 e. The predicted octanol–water partition coefficient (Wildman–Crippen LogP) is 12.6. The van der Waals surface area contributed by atoms with Gasteiger partial charge in [-0.1, -0.05) is 116 Å². The van der Waals surface area contributed by atoms with Gasteiger partial charge < -0.3 is 13.7 Å². The Balaban J connectivity index is 1.34. The lowest BCUT2D eigenvalue weighted by atomic mass is 10.1. The van der Waals surface area contributed by atoms with Gasteiger partial charge in [0, 0.05) is 49.5 Å². The summed E-state index contributed by atoms with van der Waals surface area (Å²) < 4.78 is 7.35. The van der Waals surface area contributed by atoms with E-state index in [1.807, 2.05) is 6.08 Å². The van der Waals surface area contributed by atoms with Crippen LogP contribution < -0.4 is 0 Å². The molecule has 0 aliphatic heterocycles. The molecule has 0 radical (unpaired) electrons. The number of nitrogens with zero attached hydrogens (tertiary/aromatic N) is 3. The minimum absolute atomic E-state index is 0.0393. The first-order valence-electron chi connectivity index (χ1n) is 17.7. The fraction of sp³-hybridized carbons (Fsp3) is 0.106. The Kier molecular flexibility index (Phi) is 7.47. The Bertz CT molecular complexity index is 2610. The van der Waals surface area contributed by atoms with E-state index >= 15 is 0 Å². The van der Waals surface area contributed by atoms with Crippen LogP contribution in [0.5, 0.6) is 0 Å². The van der Waals surface area contributed by atoms with Crippen LogP contribution in [0.3, 0.4) is 0 Å². The molecular formula is C47H39N3. The van der Waals surface area contributed by atoms with E-state index in [0.29, 0.717) is 0 Å². The van der Waals surface area contributed by atoms with Crippen molar-refractivity contribution in [2.75, 3.05) is 0 Å². The van der Waals surface area contributed by atoms with Gasteiger partial charge in [0.15, 0.2) is 0 Å². The lowest BCUT2D eigenvalue weighted by Crippen LogP contribution is -2.08. The number of fused-ring (bicyclic) bond motifs is 9. The molecule has 242 valence electrons. The second-order valence-electron chi connectivity index (χ2n) is 13.2. The molecule has 0 saturated carbocycles. The van der Waals surface area contributed by atoms with Crippen LogP contribution in [0.15, 0.2) is 164 Å². The van der Waals surface area contributed by atoms with Gasteiger partial charge in [0.2, 0.25) is 0 Å². The molecule has 3 heteroatoms. The molecule has 0 N–H and O–H groups in total. The molecule has 0 amide bonds. The normalized spacial score (nSPS) is 16.0. The highest BCUT2D eigenvalue weighted by Gasteiger charge is 2.21. The van der Waals surface area contributed by atoms with Crippen molar-refractivity contribution >= 4 is 72.0 Å². The molecule has 0 spiro atoms. The van der Waals surface area contributed by atoms with Crippen molar-refractivity contribution in [3.63, 3.8) is 0 Å². The SMILES string of the molecule is C=C/C(=C\C(=C/C(C)n1c2c(c3ccccc31)CC/C=C\C/C=C\2)n1c2ccccc2c2ccccc21)n1c2ccccc2c2ccccc21. The zero-order valence-corrected chi connectivity index (χ0v) is 28.3. The smallest absolute Gasteiger partial charge is 0.0541 e. The second-order valence-corrected chi connectivity index (χ2v) is 13.2. The minimum atomic E-state index is 0.0393. The number of hydrogen-bond donors (Lipinski definition) is 0. The van der Waals surface area contributed by atoms with Crippen molar-refractivity contribution in [3.05, 3.63) is 176 Å². The Morgan fingerprint density at radius 1 is 0.580 bits per heavy atom. The van der Waals surface area contributed by atoms with Crippen molar-refractivity contribution < 1.29 is 0 Å². The molecular weight excluding hydrogens is 607 g/mol. The molecule has 3 aromatic heterocycles. The van der Waals surface area contributed by atoms with E-state index in [0.717, 1.165) is 30.7 Å². The average molecular weight is 646 g/mol. The van der Waals surface area contributed by atoms with Gasteiger partial charge in [-0.05, 0) is 86.4 Å². The molecule has 0 fully saturated rings. The summed E-state index contributed by atoms with van der Waals surface area (Å²) in [7, 11) is 0. The van der Waals surface area contributed by atoms with Gasteiger partial charge in [-0.15, -0.1) is 0 Å². The minimum Gasteiger partial charge on any atom is -0.334 e. The number of rotatable bonds is 6. The molecule has 8 aromatic rings. The first kappa shape index (κ1) is 30.0. The van der Waals surface area contributed by atoms with E-state index in [1.165, 1.54) is 65.8 Å². The molecule has 1 aliphatic carbocycles. The van der Waals surface area contributed by atoms with E-state index in [-0.39, 0.29) is 6.04 Å². The van der Waals surface area contributed by atoms with Crippen molar-refractivity contribution in [1.29, 1.82) is 0 Å². The lowest BCUT2D eigenvalue weighted by Gasteiger charge is -2.19. The van der Waals surface area contributed by atoms with E-state index in [4.69, 9.17) is 0 Å². The molecule has 3 nitrogen and oxygen atoms in total. The maximum absolute atomic E-state index is 4.40. The highest BCUT2D eigenvalue weighted by Crippen LogP contribution is 2.38. The monoisotopic (exact) mass is 645 g/mol. The maximum atomic E-state index is 4.40. The first-order valence-corrected chi connectivity index (χ1v) is 17.7. The summed E-state index contributed by atoms with van der Waals surface area (Å²) in [5.74, 6) is 0. The summed E-state index contributed by atoms with van der Waals surface area (Å²) in [6, 6.07) is 43.9. The Labute approximate surface area is 292 Å². The van der Waals surface area contributed by atoms with Crippen LogP contribution in [0, 0.1) is 0 Å². The molecule has 0 bridgehead atoms. The van der Waals surface area contributed by atoms with Crippen LogP contribution in [0.1, 0.15) is 37.1 Å². The van der Waals surface area contributed by atoms with Crippen molar-refractivity contribution in [2.24, 2.45) is 0 Å². The van der Waals surface area contributed by atoms with E-state index in [9.17, 15) is 0 Å². The Morgan fingerprint density at radius 3 is 1.60 bits per heavy atom. The van der Waals surface area contributed by atoms with Crippen molar-refractivity contribution in [3.8, 4) is 0 Å². The number of aromatic nitrogens is 3. The molecule has 0 saturated heterocycles. The Morgan fingerprint density at radius 2 is 1.06 bits per heavy atom. The summed E-state index contributed by atoms with van der Waals surface area (Å²) in [5.41, 5.74) is 10.8. The van der Waals surface area contributed by atoms with Gasteiger partial charge in [-0.25, -0.2) is 0 Å². The van der Waals surface area contributed by atoms with Crippen LogP contribution in [0.25, 0.3) is 72.0 Å². The quantitative estimate of drug-likeness (QED) is 0.126. The van der Waals surface area contributed by atoms with E-state index in [2.05, 4.69) is 185 Å². The number of benzene rings is 5. The average Bonchev–Trinajstić information content (AvgIpc) is 3.81. The Hall–Kier alpha value is -6.06. The molecule has 1 atom stereocenters. The summed E-state index contributed by atoms with van der Waals surface area (Å²) in [5, 5.41) is 6.31. The van der Waals surface area contributed by atoms with Gasteiger partial charge in [0.25, 0.3) is 0 Å². The topological polar surface area (TPSA) is 14.8 Å². The molecule has 9 rings (SSSR count). The third kappa shape index (κ3) is 4.81. The van der Waals surface area contributed by atoms with Crippen LogP contribution >= 0.6 is 0 Å². The predicted molar refractivity (Wildman–Crippen MR) is 215 cm³/mol. The zero-order valence-electron chi connectivity index (χ0n) is 28.3. The van der Waals surface area contributed by atoms with E-state index in [1.54, 1.807) is 0 Å².